The number of para-hydroxylation sites is 1. The van der Waals surface area contributed by atoms with Gasteiger partial charge in [-0.25, -0.2) is 4.79 Å². The van der Waals surface area contributed by atoms with Crippen molar-refractivity contribution in [3.63, 3.8) is 0 Å². The van der Waals surface area contributed by atoms with Crippen LogP contribution in [0, 0.1) is 0 Å². The SMILES string of the molecule is [2H]c1c([2H])c([2H])c(N(C(C)=O)C2(C(=O)OC)CCN(CCC(=O)OC)CC2)c([2H])c1[2H]. The zero-order valence-corrected chi connectivity index (χ0v) is 15.2. The number of anilines is 1. The molecular formula is C19H26N2O5. The highest BCUT2D eigenvalue weighted by Gasteiger charge is 2.49. The van der Waals surface area contributed by atoms with Crippen LogP contribution in [0.2, 0.25) is 0 Å². The molecule has 0 saturated carbocycles. The third-order valence-corrected chi connectivity index (χ3v) is 4.56. The minimum atomic E-state index is -1.55. The Labute approximate surface area is 160 Å². The van der Waals surface area contributed by atoms with Crippen molar-refractivity contribution in [1.29, 1.82) is 0 Å². The number of esters is 2. The summed E-state index contributed by atoms with van der Waals surface area (Å²) in [5.41, 5.74) is -1.90. The maximum Gasteiger partial charge on any atom is 0.332 e. The molecule has 0 aliphatic carbocycles. The van der Waals surface area contributed by atoms with Gasteiger partial charge in [0.25, 0.3) is 0 Å². The molecule has 0 unspecified atom stereocenters. The predicted molar refractivity (Wildman–Crippen MR) is 96.7 cm³/mol. The Morgan fingerprint density at radius 2 is 1.77 bits per heavy atom. The van der Waals surface area contributed by atoms with Crippen molar-refractivity contribution in [2.24, 2.45) is 0 Å². The zero-order valence-electron chi connectivity index (χ0n) is 20.2. The average molecular weight is 367 g/mol. The van der Waals surface area contributed by atoms with E-state index in [9.17, 15) is 14.4 Å². The summed E-state index contributed by atoms with van der Waals surface area (Å²) in [7, 11) is 2.47. The first-order valence-corrected chi connectivity index (χ1v) is 8.27. The van der Waals surface area contributed by atoms with Gasteiger partial charge < -0.3 is 14.4 Å². The summed E-state index contributed by atoms with van der Waals surface area (Å²) in [6, 6.07) is -2.93. The molecule has 1 aromatic rings. The van der Waals surface area contributed by atoms with E-state index in [-0.39, 0.29) is 30.9 Å². The Hall–Kier alpha value is -2.41. The summed E-state index contributed by atoms with van der Waals surface area (Å²) >= 11 is 0. The van der Waals surface area contributed by atoms with Crippen LogP contribution in [0.15, 0.2) is 30.2 Å². The van der Waals surface area contributed by atoms with Crippen molar-refractivity contribution in [3.05, 3.63) is 30.2 Å². The van der Waals surface area contributed by atoms with E-state index in [1.165, 1.54) is 21.1 Å². The molecule has 2 rings (SSSR count). The number of likely N-dealkylation sites (tertiary alicyclic amines) is 1. The van der Waals surface area contributed by atoms with Crippen molar-refractivity contribution in [2.45, 2.75) is 31.7 Å². The Kier molecular flexibility index (Phi) is 4.65. The van der Waals surface area contributed by atoms with Gasteiger partial charge in [-0.15, -0.1) is 0 Å². The van der Waals surface area contributed by atoms with Gasteiger partial charge in [-0.2, -0.15) is 0 Å². The first-order valence-electron chi connectivity index (χ1n) is 10.8. The minimum absolute atomic E-state index is 0.0998. The van der Waals surface area contributed by atoms with E-state index in [1.54, 1.807) is 0 Å². The van der Waals surface area contributed by atoms with E-state index in [4.69, 9.17) is 11.6 Å². The highest BCUT2D eigenvalue weighted by atomic mass is 16.5. The lowest BCUT2D eigenvalue weighted by molar-refractivity contribution is -0.151. The molecule has 1 fully saturated rings. The van der Waals surface area contributed by atoms with Crippen molar-refractivity contribution < 1.29 is 30.7 Å². The number of amides is 1. The van der Waals surface area contributed by atoms with E-state index >= 15 is 0 Å². The molecule has 0 radical (unpaired) electrons. The van der Waals surface area contributed by atoms with Crippen LogP contribution in [0.5, 0.6) is 0 Å². The molecule has 7 heteroatoms. The molecule has 1 aromatic carbocycles. The first kappa shape index (κ1) is 13.7. The second kappa shape index (κ2) is 8.80. The molecule has 0 aromatic heterocycles. The lowest BCUT2D eigenvalue weighted by Gasteiger charge is -2.46. The van der Waals surface area contributed by atoms with Gasteiger partial charge in [-0.1, -0.05) is 18.1 Å². The number of hydrogen-bond donors (Lipinski definition) is 0. The largest absolute Gasteiger partial charge is 0.469 e. The average Bonchev–Trinajstić information content (AvgIpc) is 2.77. The number of piperidine rings is 1. The summed E-state index contributed by atoms with van der Waals surface area (Å²) in [4.78, 5) is 40.0. The maximum absolute atomic E-state index is 12.9. The van der Waals surface area contributed by atoms with Crippen LogP contribution in [0.4, 0.5) is 5.69 Å². The van der Waals surface area contributed by atoms with E-state index in [0.29, 0.717) is 19.6 Å². The topological polar surface area (TPSA) is 76.2 Å². The fourth-order valence-electron chi connectivity index (χ4n) is 3.24. The number of benzene rings is 1. The zero-order chi connectivity index (χ0) is 23.5. The highest BCUT2D eigenvalue weighted by Crippen LogP contribution is 2.34. The molecule has 0 bridgehead atoms. The predicted octanol–water partition coefficient (Wildman–Crippen LogP) is 1.61. The van der Waals surface area contributed by atoms with Crippen LogP contribution in [0.3, 0.4) is 0 Å². The van der Waals surface area contributed by atoms with E-state index in [1.807, 2.05) is 4.90 Å². The first-order chi connectivity index (χ1) is 14.5. The molecule has 0 spiro atoms. The number of ether oxygens (including phenoxy) is 2. The Bertz CT molecular complexity index is 858. The normalized spacial score (nSPS) is 19.3. The van der Waals surface area contributed by atoms with E-state index in [2.05, 4.69) is 4.74 Å². The second-order valence-corrected chi connectivity index (χ2v) is 6.02. The van der Waals surface area contributed by atoms with Gasteiger partial charge in [0.1, 0.15) is 5.54 Å². The van der Waals surface area contributed by atoms with Crippen molar-refractivity contribution in [1.82, 2.24) is 4.90 Å². The fourth-order valence-corrected chi connectivity index (χ4v) is 3.24. The number of rotatable bonds is 6. The molecule has 0 N–H and O–H groups in total. The lowest BCUT2D eigenvalue weighted by Crippen LogP contribution is -2.62. The molecule has 1 aliphatic heterocycles. The van der Waals surface area contributed by atoms with Gasteiger partial charge in [0, 0.05) is 32.2 Å². The van der Waals surface area contributed by atoms with Gasteiger partial charge in [-0.3, -0.25) is 14.5 Å². The fraction of sp³-hybridized carbons (Fsp3) is 0.526. The quantitative estimate of drug-likeness (QED) is 0.711. The molecule has 26 heavy (non-hydrogen) atoms. The number of carbonyl (C=O) groups excluding carboxylic acids is 3. The summed E-state index contributed by atoms with van der Waals surface area (Å²) in [6.07, 6.45) is 0.368. The number of carbonyl (C=O) groups is 3. The second-order valence-electron chi connectivity index (χ2n) is 6.02. The minimum Gasteiger partial charge on any atom is -0.469 e. The molecule has 1 heterocycles. The standard InChI is InChI=1S/C19H26N2O5/c1-15(22)21(16-7-5-4-6-8-16)19(18(24)26-3)10-13-20(14-11-19)12-9-17(23)25-2/h4-8H,9-14H2,1-3H3/i4D,5D,6D,7D,8D. The molecule has 142 valence electrons. The van der Waals surface area contributed by atoms with Crippen molar-refractivity contribution in [2.75, 3.05) is 38.8 Å². The smallest absolute Gasteiger partial charge is 0.332 e. The monoisotopic (exact) mass is 367 g/mol. The summed E-state index contributed by atoms with van der Waals surface area (Å²) in [6.45, 7) is 2.23. The van der Waals surface area contributed by atoms with Crippen LogP contribution < -0.4 is 4.90 Å². The van der Waals surface area contributed by atoms with Crippen LogP contribution in [-0.4, -0.2) is 62.1 Å². The van der Waals surface area contributed by atoms with E-state index < -0.39 is 47.6 Å². The van der Waals surface area contributed by atoms with Gasteiger partial charge >= 0.3 is 11.9 Å². The Balaban J connectivity index is 2.51. The molecule has 1 amide bonds. The summed E-state index contributed by atoms with van der Waals surface area (Å²) < 4.78 is 49.8. The number of nitrogens with zero attached hydrogens (tertiary/aromatic N) is 2. The van der Waals surface area contributed by atoms with Crippen molar-refractivity contribution >= 4 is 23.5 Å². The van der Waals surface area contributed by atoms with Gasteiger partial charge in [0.15, 0.2) is 0 Å². The number of hydrogen-bond acceptors (Lipinski definition) is 6. The van der Waals surface area contributed by atoms with Gasteiger partial charge in [-0.05, 0) is 24.9 Å². The third-order valence-electron chi connectivity index (χ3n) is 4.56. The van der Waals surface area contributed by atoms with Crippen LogP contribution in [0.1, 0.15) is 33.0 Å². The third kappa shape index (κ3) is 4.22. The summed E-state index contributed by atoms with van der Waals surface area (Å²) in [5, 5.41) is 0. The molecule has 7 nitrogen and oxygen atoms in total. The molecule has 1 aliphatic rings. The molecule has 1 saturated heterocycles. The molecule has 0 atom stereocenters. The Morgan fingerprint density at radius 3 is 2.27 bits per heavy atom. The van der Waals surface area contributed by atoms with Crippen LogP contribution in [0.25, 0.3) is 0 Å². The van der Waals surface area contributed by atoms with Gasteiger partial charge in [0.2, 0.25) is 5.91 Å². The van der Waals surface area contributed by atoms with Crippen LogP contribution in [-0.2, 0) is 23.9 Å². The van der Waals surface area contributed by atoms with E-state index in [0.717, 1.165) is 4.90 Å². The summed E-state index contributed by atoms with van der Waals surface area (Å²) in [5.74, 6) is -1.75. The van der Waals surface area contributed by atoms with Crippen LogP contribution >= 0.6 is 0 Å². The number of methoxy groups -OCH3 is 2. The van der Waals surface area contributed by atoms with Crippen molar-refractivity contribution in [3.8, 4) is 0 Å². The maximum atomic E-state index is 12.9. The van der Waals surface area contributed by atoms with Gasteiger partial charge in [0.05, 0.1) is 27.5 Å². The Morgan fingerprint density at radius 1 is 1.15 bits per heavy atom. The lowest BCUT2D eigenvalue weighted by atomic mass is 9.84. The highest BCUT2D eigenvalue weighted by molar-refractivity contribution is 6.01. The molecular weight excluding hydrogens is 336 g/mol.